The van der Waals surface area contributed by atoms with Crippen LogP contribution in [0.3, 0.4) is 0 Å². The van der Waals surface area contributed by atoms with Crippen LogP contribution in [0.4, 0.5) is 0 Å². The van der Waals surface area contributed by atoms with Crippen LogP contribution in [0.1, 0.15) is 17.5 Å². The molecule has 27 heavy (non-hydrogen) atoms. The Balaban J connectivity index is 1.33. The fourth-order valence-electron chi connectivity index (χ4n) is 2.58. The zero-order valence-electron chi connectivity index (χ0n) is 14.9. The second-order valence-corrected chi connectivity index (χ2v) is 5.99. The predicted octanol–water partition coefficient (Wildman–Crippen LogP) is 2.72. The van der Waals surface area contributed by atoms with E-state index in [1.807, 2.05) is 18.2 Å². The van der Waals surface area contributed by atoms with Crippen molar-refractivity contribution in [3.63, 3.8) is 0 Å². The van der Waals surface area contributed by atoms with Crippen molar-refractivity contribution in [3.8, 4) is 11.5 Å². The van der Waals surface area contributed by atoms with E-state index in [1.54, 1.807) is 24.3 Å². The molecule has 0 atom stereocenters. The number of rotatable bonds is 8. The zero-order chi connectivity index (χ0) is 18.9. The maximum absolute atomic E-state index is 11.7. The standard InChI is InChI=1S/C21H21NO5/c23-20(22-12-4-7-16-5-2-1-3-6-16)14-25-21(24)11-9-17-8-10-18-19(13-17)27-15-26-18/h1-3,5-6,8-11,13H,4,7,12,14-15H2,(H,22,23). The van der Waals surface area contributed by atoms with Crippen LogP contribution in [0.5, 0.6) is 11.5 Å². The van der Waals surface area contributed by atoms with Crippen molar-refractivity contribution >= 4 is 18.0 Å². The van der Waals surface area contributed by atoms with E-state index in [4.69, 9.17) is 14.2 Å². The van der Waals surface area contributed by atoms with Crippen molar-refractivity contribution in [3.05, 3.63) is 65.7 Å². The second-order valence-electron chi connectivity index (χ2n) is 5.99. The quantitative estimate of drug-likeness (QED) is 0.441. The molecule has 0 radical (unpaired) electrons. The van der Waals surface area contributed by atoms with Crippen molar-refractivity contribution in [1.82, 2.24) is 5.32 Å². The molecule has 0 fully saturated rings. The molecule has 140 valence electrons. The highest BCUT2D eigenvalue weighted by Gasteiger charge is 2.12. The Morgan fingerprint density at radius 1 is 1.07 bits per heavy atom. The van der Waals surface area contributed by atoms with Gasteiger partial charge in [0.25, 0.3) is 5.91 Å². The highest BCUT2D eigenvalue weighted by molar-refractivity contribution is 5.89. The first-order chi connectivity index (χ1) is 13.2. The van der Waals surface area contributed by atoms with Gasteiger partial charge in [0.15, 0.2) is 18.1 Å². The Morgan fingerprint density at radius 2 is 1.89 bits per heavy atom. The Labute approximate surface area is 157 Å². The second kappa shape index (κ2) is 9.43. The first-order valence-electron chi connectivity index (χ1n) is 8.76. The number of benzene rings is 2. The third kappa shape index (κ3) is 5.88. The number of aryl methyl sites for hydroxylation is 1. The summed E-state index contributed by atoms with van der Waals surface area (Å²) < 4.78 is 15.4. The smallest absolute Gasteiger partial charge is 0.331 e. The average molecular weight is 367 g/mol. The summed E-state index contributed by atoms with van der Waals surface area (Å²) in [5.74, 6) is 0.430. The molecular formula is C21H21NO5. The summed E-state index contributed by atoms with van der Waals surface area (Å²) in [7, 11) is 0. The molecule has 1 aliphatic rings. The van der Waals surface area contributed by atoms with Crippen molar-refractivity contribution in [1.29, 1.82) is 0 Å². The van der Waals surface area contributed by atoms with Crippen LogP contribution >= 0.6 is 0 Å². The van der Waals surface area contributed by atoms with Gasteiger partial charge in [-0.05, 0) is 42.2 Å². The molecule has 2 aromatic rings. The molecule has 6 heteroatoms. The number of hydrogen-bond donors (Lipinski definition) is 1. The van der Waals surface area contributed by atoms with E-state index in [9.17, 15) is 9.59 Å². The lowest BCUT2D eigenvalue weighted by atomic mass is 10.1. The van der Waals surface area contributed by atoms with Crippen LogP contribution in [0.25, 0.3) is 6.08 Å². The fraction of sp³-hybridized carbons (Fsp3) is 0.238. The van der Waals surface area contributed by atoms with Crippen LogP contribution in [-0.4, -0.2) is 31.8 Å². The van der Waals surface area contributed by atoms with Crippen LogP contribution in [0, 0.1) is 0 Å². The van der Waals surface area contributed by atoms with E-state index < -0.39 is 5.97 Å². The van der Waals surface area contributed by atoms with Crippen LogP contribution in [0.2, 0.25) is 0 Å². The molecule has 0 saturated carbocycles. The highest BCUT2D eigenvalue weighted by atomic mass is 16.7. The van der Waals surface area contributed by atoms with Crippen LogP contribution < -0.4 is 14.8 Å². The maximum atomic E-state index is 11.7. The van der Waals surface area contributed by atoms with Gasteiger partial charge in [-0.25, -0.2) is 4.79 Å². The lowest BCUT2D eigenvalue weighted by molar-refractivity contribution is -0.143. The molecule has 2 aromatic carbocycles. The Kier molecular flexibility index (Phi) is 6.46. The number of amides is 1. The molecule has 0 aromatic heterocycles. The molecule has 3 rings (SSSR count). The van der Waals surface area contributed by atoms with Crippen molar-refractivity contribution in [2.45, 2.75) is 12.8 Å². The van der Waals surface area contributed by atoms with Crippen LogP contribution in [-0.2, 0) is 20.7 Å². The number of carbonyl (C=O) groups excluding carboxylic acids is 2. The molecule has 0 spiro atoms. The van der Waals surface area contributed by atoms with Gasteiger partial charge in [-0.3, -0.25) is 4.79 Å². The largest absolute Gasteiger partial charge is 0.454 e. The number of hydrogen-bond acceptors (Lipinski definition) is 5. The molecule has 0 saturated heterocycles. The summed E-state index contributed by atoms with van der Waals surface area (Å²) in [6, 6.07) is 15.4. The minimum Gasteiger partial charge on any atom is -0.454 e. The number of carbonyl (C=O) groups is 2. The third-order valence-electron chi connectivity index (χ3n) is 3.96. The maximum Gasteiger partial charge on any atom is 0.331 e. The fourth-order valence-corrected chi connectivity index (χ4v) is 2.58. The molecule has 0 aliphatic carbocycles. The van der Waals surface area contributed by atoms with E-state index in [0.717, 1.165) is 18.4 Å². The van der Waals surface area contributed by atoms with Gasteiger partial charge in [0, 0.05) is 12.6 Å². The van der Waals surface area contributed by atoms with Gasteiger partial charge in [-0.2, -0.15) is 0 Å². The SMILES string of the molecule is O=C(COC(=O)C=Cc1ccc2c(c1)OCO2)NCCCc1ccccc1. The van der Waals surface area contributed by atoms with Gasteiger partial charge in [0.2, 0.25) is 6.79 Å². The van der Waals surface area contributed by atoms with Crippen molar-refractivity contribution in [2.75, 3.05) is 19.9 Å². The average Bonchev–Trinajstić information content (AvgIpc) is 3.17. The highest BCUT2D eigenvalue weighted by Crippen LogP contribution is 2.32. The summed E-state index contributed by atoms with van der Waals surface area (Å²) in [6.45, 7) is 0.443. The summed E-state index contributed by atoms with van der Waals surface area (Å²) in [4.78, 5) is 23.4. The monoisotopic (exact) mass is 367 g/mol. The zero-order valence-corrected chi connectivity index (χ0v) is 14.9. The first kappa shape index (κ1) is 18.5. The van der Waals surface area contributed by atoms with E-state index in [2.05, 4.69) is 17.4 Å². The molecule has 6 nitrogen and oxygen atoms in total. The Bertz CT molecular complexity index is 817. The predicted molar refractivity (Wildman–Crippen MR) is 100 cm³/mol. The minimum absolute atomic E-state index is 0.199. The molecular weight excluding hydrogens is 346 g/mol. The molecule has 1 amide bonds. The number of nitrogens with one attached hydrogen (secondary N) is 1. The van der Waals surface area contributed by atoms with Gasteiger partial charge in [-0.15, -0.1) is 0 Å². The van der Waals surface area contributed by atoms with Gasteiger partial charge in [-0.1, -0.05) is 36.4 Å². The number of ether oxygens (including phenoxy) is 3. The van der Waals surface area contributed by atoms with Crippen molar-refractivity contribution < 1.29 is 23.8 Å². The summed E-state index contributed by atoms with van der Waals surface area (Å²) >= 11 is 0. The van der Waals surface area contributed by atoms with Crippen molar-refractivity contribution in [2.24, 2.45) is 0 Å². The molecule has 1 aliphatic heterocycles. The number of fused-ring (bicyclic) bond motifs is 1. The Morgan fingerprint density at radius 3 is 2.74 bits per heavy atom. The topological polar surface area (TPSA) is 73.9 Å². The van der Waals surface area contributed by atoms with E-state index in [1.165, 1.54) is 11.6 Å². The third-order valence-corrected chi connectivity index (χ3v) is 3.96. The van der Waals surface area contributed by atoms with E-state index in [-0.39, 0.29) is 19.3 Å². The lowest BCUT2D eigenvalue weighted by Crippen LogP contribution is -2.29. The lowest BCUT2D eigenvalue weighted by Gasteiger charge is -2.05. The molecule has 1 N–H and O–H groups in total. The molecule has 1 heterocycles. The van der Waals surface area contributed by atoms with Gasteiger partial charge in [0.05, 0.1) is 0 Å². The first-order valence-corrected chi connectivity index (χ1v) is 8.76. The minimum atomic E-state index is -0.577. The molecule has 0 unspecified atom stereocenters. The van der Waals surface area contributed by atoms with Gasteiger partial charge in [0.1, 0.15) is 0 Å². The van der Waals surface area contributed by atoms with E-state index in [0.29, 0.717) is 18.0 Å². The summed E-state index contributed by atoms with van der Waals surface area (Å²) in [6.07, 6.45) is 4.59. The Hall–Kier alpha value is -3.28. The van der Waals surface area contributed by atoms with Crippen LogP contribution in [0.15, 0.2) is 54.6 Å². The summed E-state index contributed by atoms with van der Waals surface area (Å²) in [5, 5.41) is 2.74. The molecule has 0 bridgehead atoms. The normalized spacial score (nSPS) is 12.1. The van der Waals surface area contributed by atoms with Gasteiger partial charge < -0.3 is 19.5 Å². The summed E-state index contributed by atoms with van der Waals surface area (Å²) in [5.41, 5.74) is 2.01. The number of esters is 1. The van der Waals surface area contributed by atoms with E-state index >= 15 is 0 Å². The van der Waals surface area contributed by atoms with Gasteiger partial charge >= 0.3 is 5.97 Å².